The minimum atomic E-state index is -0.0550. The molecule has 4 aromatic rings. The van der Waals surface area contributed by atoms with Gasteiger partial charge in [-0.1, -0.05) is 24.0 Å². The highest BCUT2D eigenvalue weighted by molar-refractivity contribution is 5.97. The summed E-state index contributed by atoms with van der Waals surface area (Å²) in [6, 6.07) is 16.2. The van der Waals surface area contributed by atoms with E-state index < -0.39 is 0 Å². The lowest BCUT2D eigenvalue weighted by molar-refractivity contribution is 0.466. The minimum Gasteiger partial charge on any atom is -0.506 e. The first-order chi connectivity index (χ1) is 15.4. The van der Waals surface area contributed by atoms with Gasteiger partial charge in [0.2, 0.25) is 0 Å². The number of nitrogens with two attached hydrogens (primary N) is 2. The molecule has 0 aromatic heterocycles. The summed E-state index contributed by atoms with van der Waals surface area (Å²) in [6.45, 7) is 0. The van der Waals surface area contributed by atoms with Gasteiger partial charge in [-0.3, -0.25) is 0 Å². The maximum absolute atomic E-state index is 9.70. The SMILES string of the molecule is C#Cc1cc2c(Oc3ccc(O)c(N)c3)cccc2c(Oc2ccc(O)c(N)c2)c1C#C. The van der Waals surface area contributed by atoms with E-state index in [2.05, 4.69) is 11.8 Å². The monoisotopic (exact) mass is 422 g/mol. The molecular weight excluding hydrogens is 404 g/mol. The van der Waals surface area contributed by atoms with Crippen molar-refractivity contribution in [1.29, 1.82) is 0 Å². The van der Waals surface area contributed by atoms with E-state index >= 15 is 0 Å². The first kappa shape index (κ1) is 20.3. The average molecular weight is 422 g/mol. The fourth-order valence-corrected chi connectivity index (χ4v) is 3.25. The maximum atomic E-state index is 9.70. The van der Waals surface area contributed by atoms with Crippen molar-refractivity contribution < 1.29 is 19.7 Å². The second kappa shape index (κ2) is 8.06. The van der Waals surface area contributed by atoms with Gasteiger partial charge in [-0.2, -0.15) is 0 Å². The Hall–Kier alpha value is -4.94. The van der Waals surface area contributed by atoms with E-state index in [0.29, 0.717) is 44.9 Å². The standard InChI is InChI=1S/C26H18N2O4/c1-3-15-12-20-19(6-5-7-25(20)31-16-8-10-23(29)21(27)13-16)26(18(15)4-2)32-17-9-11-24(30)22(28)14-17/h1-2,5-14,29-30H,27-28H2. The van der Waals surface area contributed by atoms with Crippen LogP contribution in [0.25, 0.3) is 10.8 Å². The van der Waals surface area contributed by atoms with Gasteiger partial charge in [0.1, 0.15) is 28.7 Å². The molecule has 0 atom stereocenters. The second-order valence-electron chi connectivity index (χ2n) is 6.91. The van der Waals surface area contributed by atoms with Crippen molar-refractivity contribution in [3.05, 3.63) is 71.8 Å². The Morgan fingerprint density at radius 2 is 1.34 bits per heavy atom. The van der Waals surface area contributed by atoms with Crippen LogP contribution in [0.15, 0.2) is 60.7 Å². The van der Waals surface area contributed by atoms with Gasteiger partial charge in [0.25, 0.3) is 0 Å². The number of hydrogen-bond acceptors (Lipinski definition) is 6. The number of terminal acetylenes is 2. The Morgan fingerprint density at radius 3 is 1.91 bits per heavy atom. The second-order valence-corrected chi connectivity index (χ2v) is 6.91. The van der Waals surface area contributed by atoms with Crippen molar-refractivity contribution in [1.82, 2.24) is 0 Å². The van der Waals surface area contributed by atoms with Crippen molar-refractivity contribution in [2.24, 2.45) is 0 Å². The van der Waals surface area contributed by atoms with Crippen LogP contribution in [-0.2, 0) is 0 Å². The molecule has 0 saturated carbocycles. The van der Waals surface area contributed by atoms with Gasteiger partial charge < -0.3 is 31.2 Å². The number of ether oxygens (including phenoxy) is 2. The lowest BCUT2D eigenvalue weighted by Gasteiger charge is -2.16. The zero-order chi connectivity index (χ0) is 22.8. The van der Waals surface area contributed by atoms with Gasteiger partial charge in [-0.15, -0.1) is 12.8 Å². The highest BCUT2D eigenvalue weighted by atomic mass is 16.5. The third kappa shape index (κ3) is 3.65. The minimum absolute atomic E-state index is 0.0348. The van der Waals surface area contributed by atoms with Crippen molar-refractivity contribution in [3.63, 3.8) is 0 Å². The van der Waals surface area contributed by atoms with E-state index in [1.165, 1.54) is 24.3 Å². The molecule has 0 spiro atoms. The van der Waals surface area contributed by atoms with Gasteiger partial charge >= 0.3 is 0 Å². The predicted octanol–water partition coefficient (Wildman–Crippen LogP) is 4.96. The number of anilines is 2. The molecule has 0 unspecified atom stereocenters. The molecule has 0 radical (unpaired) electrons. The zero-order valence-electron chi connectivity index (χ0n) is 16.8. The lowest BCUT2D eigenvalue weighted by atomic mass is 9.99. The van der Waals surface area contributed by atoms with E-state index in [1.807, 2.05) is 6.07 Å². The lowest BCUT2D eigenvalue weighted by Crippen LogP contribution is -1.96. The van der Waals surface area contributed by atoms with Crippen LogP contribution in [0.2, 0.25) is 0 Å². The van der Waals surface area contributed by atoms with Crippen molar-refractivity contribution in [3.8, 4) is 59.2 Å². The third-order valence-corrected chi connectivity index (χ3v) is 4.84. The molecule has 156 valence electrons. The Labute approximate surface area is 184 Å². The average Bonchev–Trinajstić information content (AvgIpc) is 2.78. The molecule has 4 aromatic carbocycles. The van der Waals surface area contributed by atoms with Gasteiger partial charge in [-0.25, -0.2) is 0 Å². The Kier molecular flexibility index (Phi) is 5.12. The summed E-state index contributed by atoms with van der Waals surface area (Å²) >= 11 is 0. The summed E-state index contributed by atoms with van der Waals surface area (Å²) in [6.07, 6.45) is 11.5. The van der Waals surface area contributed by atoms with E-state index in [1.54, 1.807) is 30.3 Å². The molecule has 6 N–H and O–H groups in total. The molecule has 32 heavy (non-hydrogen) atoms. The van der Waals surface area contributed by atoms with E-state index in [4.69, 9.17) is 33.8 Å². The van der Waals surface area contributed by atoms with Crippen LogP contribution in [0.1, 0.15) is 11.1 Å². The van der Waals surface area contributed by atoms with Crippen molar-refractivity contribution >= 4 is 22.1 Å². The van der Waals surface area contributed by atoms with E-state index in [0.717, 1.165) is 0 Å². The van der Waals surface area contributed by atoms with Crippen molar-refractivity contribution in [2.45, 2.75) is 0 Å². The van der Waals surface area contributed by atoms with Gasteiger partial charge in [0.05, 0.1) is 16.9 Å². The predicted molar refractivity (Wildman–Crippen MR) is 125 cm³/mol. The van der Waals surface area contributed by atoms with Crippen LogP contribution in [0.4, 0.5) is 11.4 Å². The number of nitrogen functional groups attached to an aromatic ring is 2. The van der Waals surface area contributed by atoms with Gasteiger partial charge in [0.15, 0.2) is 5.75 Å². The fraction of sp³-hybridized carbons (Fsp3) is 0. The van der Waals surface area contributed by atoms with Crippen LogP contribution in [-0.4, -0.2) is 10.2 Å². The number of fused-ring (bicyclic) bond motifs is 1. The van der Waals surface area contributed by atoms with Gasteiger partial charge in [0, 0.05) is 28.5 Å². The first-order valence-corrected chi connectivity index (χ1v) is 9.47. The molecule has 0 bridgehead atoms. The Morgan fingerprint density at radius 1 is 0.719 bits per heavy atom. The van der Waals surface area contributed by atoms with Crippen LogP contribution in [0.3, 0.4) is 0 Å². The molecule has 0 aliphatic heterocycles. The molecule has 0 aliphatic carbocycles. The highest BCUT2D eigenvalue weighted by Crippen LogP contribution is 2.41. The number of phenols is 2. The first-order valence-electron chi connectivity index (χ1n) is 9.47. The Balaban J connectivity index is 1.89. The van der Waals surface area contributed by atoms with Crippen LogP contribution < -0.4 is 20.9 Å². The van der Waals surface area contributed by atoms with Crippen LogP contribution in [0, 0.1) is 24.7 Å². The number of hydrogen-bond donors (Lipinski definition) is 4. The number of rotatable bonds is 4. The van der Waals surface area contributed by atoms with Crippen LogP contribution in [0.5, 0.6) is 34.5 Å². The summed E-state index contributed by atoms with van der Waals surface area (Å²) in [5.41, 5.74) is 12.8. The maximum Gasteiger partial charge on any atom is 0.152 e. The van der Waals surface area contributed by atoms with Gasteiger partial charge in [-0.05, 0) is 36.4 Å². The van der Waals surface area contributed by atoms with E-state index in [9.17, 15) is 10.2 Å². The number of benzene rings is 4. The molecular formula is C26H18N2O4. The summed E-state index contributed by atoms with van der Waals surface area (Å²) in [7, 11) is 0. The van der Waals surface area contributed by atoms with Crippen LogP contribution >= 0.6 is 0 Å². The molecule has 6 nitrogen and oxygen atoms in total. The third-order valence-electron chi connectivity index (χ3n) is 4.84. The molecule has 4 rings (SSSR count). The normalized spacial score (nSPS) is 10.3. The number of phenolic OH excluding ortho intramolecular Hbond substituents is 2. The zero-order valence-corrected chi connectivity index (χ0v) is 16.8. The Bertz CT molecular complexity index is 1450. The molecule has 0 fully saturated rings. The molecule has 0 amide bonds. The van der Waals surface area contributed by atoms with E-state index in [-0.39, 0.29) is 22.9 Å². The molecule has 0 aliphatic rings. The largest absolute Gasteiger partial charge is 0.506 e. The topological polar surface area (TPSA) is 111 Å². The van der Waals surface area contributed by atoms with Crippen molar-refractivity contribution in [2.75, 3.05) is 11.5 Å². The molecule has 0 heterocycles. The molecule has 6 heteroatoms. The quantitative estimate of drug-likeness (QED) is 0.210. The summed E-state index contributed by atoms with van der Waals surface area (Å²) in [5, 5.41) is 20.7. The smallest absolute Gasteiger partial charge is 0.152 e. The highest BCUT2D eigenvalue weighted by Gasteiger charge is 2.17. The summed E-state index contributed by atoms with van der Waals surface area (Å²) in [4.78, 5) is 0. The fourth-order valence-electron chi connectivity index (χ4n) is 3.25. The number of aromatic hydroxyl groups is 2. The summed E-state index contributed by atoms with van der Waals surface area (Å²) < 4.78 is 12.1. The molecule has 0 saturated heterocycles. The summed E-state index contributed by atoms with van der Waals surface area (Å²) in [5.74, 6) is 6.77.